The highest BCUT2D eigenvalue weighted by molar-refractivity contribution is 5.94. The number of hydrogen-bond acceptors (Lipinski definition) is 3. The number of anilines is 1. The molecule has 1 aliphatic heterocycles. The van der Waals surface area contributed by atoms with Crippen LogP contribution >= 0.6 is 0 Å². The van der Waals surface area contributed by atoms with Crippen molar-refractivity contribution in [1.82, 2.24) is 20.1 Å². The van der Waals surface area contributed by atoms with E-state index >= 15 is 0 Å². The van der Waals surface area contributed by atoms with E-state index in [4.69, 9.17) is 0 Å². The number of nitrogens with zero attached hydrogens (tertiary/aromatic N) is 4. The molecule has 0 spiro atoms. The molecule has 0 fully saturated rings. The van der Waals surface area contributed by atoms with Crippen molar-refractivity contribution in [3.8, 4) is 0 Å². The third-order valence-electron chi connectivity index (χ3n) is 4.41. The number of hydrogen-bond donors (Lipinski definition) is 1. The summed E-state index contributed by atoms with van der Waals surface area (Å²) in [6, 6.07) is 16.2. The van der Waals surface area contributed by atoms with Crippen LogP contribution in [-0.4, -0.2) is 27.3 Å². The third-order valence-corrected chi connectivity index (χ3v) is 4.41. The van der Waals surface area contributed by atoms with Crippen molar-refractivity contribution in [1.29, 1.82) is 0 Å². The number of carbonyl (C=O) groups is 1. The van der Waals surface area contributed by atoms with E-state index in [-0.39, 0.29) is 6.03 Å². The van der Waals surface area contributed by atoms with Gasteiger partial charge in [0, 0.05) is 18.8 Å². The maximum Gasteiger partial charge on any atom is 0.322 e. The van der Waals surface area contributed by atoms with Crippen molar-refractivity contribution >= 4 is 11.7 Å². The number of aromatic nitrogens is 3. The molecule has 0 radical (unpaired) electrons. The Hall–Kier alpha value is -3.15. The largest absolute Gasteiger partial charge is 0.334 e. The molecule has 2 amide bonds. The molecule has 4 rings (SSSR count). The number of urea groups is 1. The molecule has 0 saturated heterocycles. The van der Waals surface area contributed by atoms with Crippen LogP contribution in [0.15, 0.2) is 61.2 Å². The highest BCUT2D eigenvalue weighted by Gasteiger charge is 2.23. The summed E-state index contributed by atoms with van der Waals surface area (Å²) in [6.07, 6.45) is 4.14. The molecule has 25 heavy (non-hydrogen) atoms. The number of benzene rings is 2. The normalized spacial score (nSPS) is 12.9. The number of fused-ring (bicyclic) bond motifs is 1. The summed E-state index contributed by atoms with van der Waals surface area (Å²) in [5.41, 5.74) is 4.47. The minimum Gasteiger partial charge on any atom is -0.334 e. The summed E-state index contributed by atoms with van der Waals surface area (Å²) in [5, 5.41) is 7.11. The third kappa shape index (κ3) is 3.38. The summed E-state index contributed by atoms with van der Waals surface area (Å²) < 4.78 is 1.78. The van der Waals surface area contributed by atoms with Crippen LogP contribution in [-0.2, 0) is 19.5 Å². The zero-order valence-corrected chi connectivity index (χ0v) is 13.8. The monoisotopic (exact) mass is 333 g/mol. The molecule has 1 aliphatic rings. The zero-order chi connectivity index (χ0) is 17.1. The van der Waals surface area contributed by atoms with E-state index in [1.807, 2.05) is 47.4 Å². The quantitative estimate of drug-likeness (QED) is 0.798. The molecule has 0 atom stereocenters. The van der Waals surface area contributed by atoms with Crippen molar-refractivity contribution in [2.45, 2.75) is 19.5 Å². The number of amides is 2. The van der Waals surface area contributed by atoms with E-state index in [0.717, 1.165) is 29.8 Å². The first kappa shape index (κ1) is 15.4. The lowest BCUT2D eigenvalue weighted by Crippen LogP contribution is -2.38. The number of rotatable bonds is 4. The lowest BCUT2D eigenvalue weighted by atomic mass is 10.1. The highest BCUT2D eigenvalue weighted by Crippen LogP contribution is 2.27. The average Bonchev–Trinajstić information content (AvgIpc) is 3.30. The van der Waals surface area contributed by atoms with Gasteiger partial charge in [-0.05, 0) is 29.2 Å². The summed E-state index contributed by atoms with van der Waals surface area (Å²) in [6.45, 7) is 1.94. The van der Waals surface area contributed by atoms with Gasteiger partial charge in [-0.25, -0.2) is 14.5 Å². The molecular weight excluding hydrogens is 314 g/mol. The van der Waals surface area contributed by atoms with Crippen LogP contribution in [0.2, 0.25) is 0 Å². The minimum atomic E-state index is -0.0448. The van der Waals surface area contributed by atoms with E-state index < -0.39 is 0 Å². The number of carbonyl (C=O) groups excluding carboxylic acids is 1. The predicted octanol–water partition coefficient (Wildman–Crippen LogP) is 2.60. The second-order valence-corrected chi connectivity index (χ2v) is 6.10. The second-order valence-electron chi connectivity index (χ2n) is 6.10. The molecule has 6 heteroatoms. The van der Waals surface area contributed by atoms with Gasteiger partial charge in [0.2, 0.25) is 0 Å². The summed E-state index contributed by atoms with van der Waals surface area (Å²) in [4.78, 5) is 18.2. The van der Waals surface area contributed by atoms with Gasteiger partial charge in [0.25, 0.3) is 0 Å². The molecule has 2 aromatic carbocycles. The van der Waals surface area contributed by atoms with Crippen LogP contribution in [0.5, 0.6) is 0 Å². The number of nitrogens with one attached hydrogen (secondary N) is 1. The summed E-state index contributed by atoms with van der Waals surface area (Å²) in [5.74, 6) is 0. The van der Waals surface area contributed by atoms with E-state index in [2.05, 4.69) is 21.5 Å². The Kier molecular flexibility index (Phi) is 4.16. The molecule has 0 saturated carbocycles. The van der Waals surface area contributed by atoms with Crippen LogP contribution in [0.25, 0.3) is 0 Å². The molecule has 6 nitrogen and oxygen atoms in total. The molecule has 2 heterocycles. The van der Waals surface area contributed by atoms with Crippen molar-refractivity contribution in [3.63, 3.8) is 0 Å². The average molecular weight is 333 g/mol. The molecule has 0 bridgehead atoms. The smallest absolute Gasteiger partial charge is 0.322 e. The minimum absolute atomic E-state index is 0.0448. The van der Waals surface area contributed by atoms with E-state index in [0.29, 0.717) is 13.1 Å². The van der Waals surface area contributed by atoms with E-state index in [9.17, 15) is 4.79 Å². The van der Waals surface area contributed by atoms with Gasteiger partial charge in [-0.15, -0.1) is 0 Å². The second kappa shape index (κ2) is 6.76. The van der Waals surface area contributed by atoms with Crippen LogP contribution in [0.1, 0.15) is 16.7 Å². The Balaban J connectivity index is 1.35. The first-order valence-corrected chi connectivity index (χ1v) is 8.33. The highest BCUT2D eigenvalue weighted by atomic mass is 16.2. The van der Waals surface area contributed by atoms with Gasteiger partial charge in [0.05, 0.1) is 6.54 Å². The fourth-order valence-electron chi connectivity index (χ4n) is 3.09. The van der Waals surface area contributed by atoms with Crippen LogP contribution in [0.4, 0.5) is 10.5 Å². The Labute approximate surface area is 146 Å². The van der Waals surface area contributed by atoms with Gasteiger partial charge in [-0.3, -0.25) is 4.90 Å². The van der Waals surface area contributed by atoms with Gasteiger partial charge in [0.1, 0.15) is 12.7 Å². The fraction of sp³-hybridized carbons (Fsp3) is 0.211. The first-order chi connectivity index (χ1) is 12.3. The zero-order valence-electron chi connectivity index (χ0n) is 13.8. The molecule has 1 aromatic heterocycles. The van der Waals surface area contributed by atoms with Gasteiger partial charge in [-0.2, -0.15) is 5.10 Å². The van der Waals surface area contributed by atoms with E-state index in [1.54, 1.807) is 11.0 Å². The van der Waals surface area contributed by atoms with Gasteiger partial charge < -0.3 is 5.32 Å². The summed E-state index contributed by atoms with van der Waals surface area (Å²) in [7, 11) is 0. The molecule has 0 aliphatic carbocycles. The maximum absolute atomic E-state index is 12.5. The lowest BCUT2D eigenvalue weighted by molar-refractivity contribution is 0.246. The molecular formula is C19H19N5O. The SMILES string of the molecule is O=C(NCc1ccc(Cn2cncn2)cc1)N1CCc2ccccc21. The van der Waals surface area contributed by atoms with E-state index in [1.165, 1.54) is 11.9 Å². The molecule has 1 N–H and O–H groups in total. The Morgan fingerprint density at radius 3 is 2.68 bits per heavy atom. The predicted molar refractivity (Wildman–Crippen MR) is 95.3 cm³/mol. The topological polar surface area (TPSA) is 63.1 Å². The molecule has 0 unspecified atom stereocenters. The van der Waals surface area contributed by atoms with Crippen molar-refractivity contribution in [2.75, 3.05) is 11.4 Å². The van der Waals surface area contributed by atoms with Gasteiger partial charge in [0.15, 0.2) is 0 Å². The molecule has 126 valence electrons. The Morgan fingerprint density at radius 1 is 1.08 bits per heavy atom. The molecule has 3 aromatic rings. The van der Waals surface area contributed by atoms with Crippen LogP contribution in [0.3, 0.4) is 0 Å². The van der Waals surface area contributed by atoms with Gasteiger partial charge in [-0.1, -0.05) is 42.5 Å². The van der Waals surface area contributed by atoms with Crippen molar-refractivity contribution in [3.05, 3.63) is 77.9 Å². The first-order valence-electron chi connectivity index (χ1n) is 8.33. The fourth-order valence-corrected chi connectivity index (χ4v) is 3.09. The summed E-state index contributed by atoms with van der Waals surface area (Å²) >= 11 is 0. The Bertz CT molecular complexity index is 858. The maximum atomic E-state index is 12.5. The van der Waals surface area contributed by atoms with Crippen LogP contribution in [0, 0.1) is 0 Å². The van der Waals surface area contributed by atoms with Gasteiger partial charge >= 0.3 is 6.03 Å². The Morgan fingerprint density at radius 2 is 1.88 bits per heavy atom. The van der Waals surface area contributed by atoms with Crippen LogP contribution < -0.4 is 10.2 Å². The number of para-hydroxylation sites is 1. The van der Waals surface area contributed by atoms with Crippen molar-refractivity contribution < 1.29 is 4.79 Å². The lowest BCUT2D eigenvalue weighted by Gasteiger charge is -2.18. The van der Waals surface area contributed by atoms with Crippen molar-refractivity contribution in [2.24, 2.45) is 0 Å². The standard InChI is InChI=1S/C19H19N5O/c25-19(24-10-9-17-3-1-2-4-18(17)24)21-11-15-5-7-16(8-6-15)12-23-14-20-13-22-23/h1-8,13-14H,9-12H2,(H,21,25).